The van der Waals surface area contributed by atoms with Gasteiger partial charge in [0.2, 0.25) is 11.8 Å². The van der Waals surface area contributed by atoms with Crippen LogP contribution in [0.15, 0.2) is 60.7 Å². The van der Waals surface area contributed by atoms with Gasteiger partial charge in [-0.25, -0.2) is 0 Å². The Balaban J connectivity index is 1.23. The molecule has 3 aromatic carbocycles. The first-order chi connectivity index (χ1) is 22.4. The lowest BCUT2D eigenvalue weighted by Crippen LogP contribution is -2.59. The van der Waals surface area contributed by atoms with Gasteiger partial charge in [0.1, 0.15) is 35.2 Å². The fraction of sp³-hybridized carbons (Fsp3) is 0.364. The Labute approximate surface area is 265 Å². The summed E-state index contributed by atoms with van der Waals surface area (Å²) in [6.45, 7) is 0.604. The van der Waals surface area contributed by atoms with E-state index in [1.807, 2.05) is 42.5 Å². The maximum Gasteiger partial charge on any atom is 0.258 e. The highest BCUT2D eigenvalue weighted by Crippen LogP contribution is 2.30. The number of amides is 3. The molecule has 1 fully saturated rings. The highest BCUT2D eigenvalue weighted by molar-refractivity contribution is 5.79. The van der Waals surface area contributed by atoms with Crippen molar-refractivity contribution in [1.82, 2.24) is 30.5 Å². The summed E-state index contributed by atoms with van der Waals surface area (Å²) in [7, 11) is 3.08. The monoisotopic (exact) mass is 628 g/mol. The number of carbonyl (C=O) groups is 3. The Kier molecular flexibility index (Phi) is 9.18. The normalized spacial score (nSPS) is 19.0. The number of nitrogens with one attached hydrogen (secondary N) is 2. The van der Waals surface area contributed by atoms with Gasteiger partial charge in [0.25, 0.3) is 5.91 Å². The van der Waals surface area contributed by atoms with Crippen LogP contribution in [0, 0.1) is 0 Å². The van der Waals surface area contributed by atoms with Crippen molar-refractivity contribution >= 4 is 28.8 Å². The van der Waals surface area contributed by atoms with Crippen molar-refractivity contribution in [2.75, 3.05) is 33.9 Å². The van der Waals surface area contributed by atoms with Crippen molar-refractivity contribution < 1.29 is 33.3 Å². The third-order valence-electron chi connectivity index (χ3n) is 8.10. The quantitative estimate of drug-likeness (QED) is 0.348. The van der Waals surface area contributed by atoms with Crippen molar-refractivity contribution in [1.29, 1.82) is 0 Å². The summed E-state index contributed by atoms with van der Waals surface area (Å²) in [5.74, 6) is 1.30. The molecule has 3 amide bonds. The van der Waals surface area contributed by atoms with Gasteiger partial charge in [0, 0.05) is 44.1 Å². The molecule has 2 N–H and O–H groups in total. The summed E-state index contributed by atoms with van der Waals surface area (Å²) in [5, 5.41) is 14.8. The number of carbonyl (C=O) groups excluding carboxylic acids is 3. The van der Waals surface area contributed by atoms with E-state index in [4.69, 9.17) is 18.9 Å². The van der Waals surface area contributed by atoms with E-state index < -0.39 is 12.1 Å². The van der Waals surface area contributed by atoms with Crippen LogP contribution in [-0.2, 0) is 33.9 Å². The molecule has 4 bridgehead atoms. The number of benzene rings is 3. The zero-order valence-corrected chi connectivity index (χ0v) is 25.7. The highest BCUT2D eigenvalue weighted by Gasteiger charge is 2.34. The number of nitrogens with zero attached hydrogens (tertiary/aromatic N) is 4. The molecule has 13 heteroatoms. The summed E-state index contributed by atoms with van der Waals surface area (Å²) < 4.78 is 23.3. The van der Waals surface area contributed by atoms with E-state index in [-0.39, 0.29) is 43.8 Å². The molecule has 0 saturated carbocycles. The fourth-order valence-electron chi connectivity index (χ4n) is 5.67. The predicted molar refractivity (Wildman–Crippen MR) is 167 cm³/mol. The van der Waals surface area contributed by atoms with E-state index in [0.29, 0.717) is 60.0 Å². The molecule has 0 spiro atoms. The third-order valence-corrected chi connectivity index (χ3v) is 8.10. The van der Waals surface area contributed by atoms with E-state index in [0.717, 1.165) is 11.1 Å². The summed E-state index contributed by atoms with van der Waals surface area (Å²) in [6.07, 6.45) is 0.747. The highest BCUT2D eigenvalue weighted by atomic mass is 16.5. The molecular formula is C33H36N6O7. The Morgan fingerprint density at radius 2 is 1.74 bits per heavy atom. The maximum atomic E-state index is 13.4. The fourth-order valence-corrected chi connectivity index (χ4v) is 5.67. The number of fused-ring (bicyclic) bond motifs is 10. The minimum atomic E-state index is -0.543. The Morgan fingerprint density at radius 3 is 2.50 bits per heavy atom. The smallest absolute Gasteiger partial charge is 0.258 e. The molecule has 2 atom stereocenters. The van der Waals surface area contributed by atoms with Crippen molar-refractivity contribution in [3.05, 3.63) is 71.8 Å². The topological polar surface area (TPSA) is 146 Å². The number of ether oxygens (including phenoxy) is 4. The molecule has 13 nitrogen and oxygen atoms in total. The second-order valence-corrected chi connectivity index (χ2v) is 11.2. The van der Waals surface area contributed by atoms with E-state index in [1.54, 1.807) is 30.2 Å². The van der Waals surface area contributed by atoms with E-state index in [1.165, 1.54) is 11.9 Å². The molecule has 4 heterocycles. The van der Waals surface area contributed by atoms with Gasteiger partial charge < -0.3 is 34.5 Å². The first-order valence-corrected chi connectivity index (χ1v) is 15.2. The Hall–Kier alpha value is -5.33. The van der Waals surface area contributed by atoms with Crippen LogP contribution in [0.5, 0.6) is 23.0 Å². The van der Waals surface area contributed by atoms with Gasteiger partial charge in [-0.15, -0.1) is 0 Å². The zero-order chi connectivity index (χ0) is 32.0. The van der Waals surface area contributed by atoms with Gasteiger partial charge in [-0.1, -0.05) is 18.2 Å². The minimum Gasteiger partial charge on any atom is -0.496 e. The average Bonchev–Trinajstić information content (AvgIpc) is 3.48. The standard InChI is InChI=1S/C33H36N6O7/c1-43-28-11-7-21-8-12-31(40)34-17-22-9-10-23(16-29(22)44-2)46-27-13-14-38(18-26(27)35-32(41)20-45-30(28)15-21)33(42)19-39-36-24-5-3-4-6-25(24)37-39/h3-7,9-11,15-16,26-27H,8,12-14,17-20H2,1-2H3,(H,34,40)(H,35,41)/t26-,27+/m1/s1. The Morgan fingerprint density at radius 1 is 0.957 bits per heavy atom. The second-order valence-electron chi connectivity index (χ2n) is 11.2. The third kappa shape index (κ3) is 7.14. The van der Waals surface area contributed by atoms with Crippen molar-refractivity contribution in [3.63, 3.8) is 0 Å². The summed E-state index contributed by atoms with van der Waals surface area (Å²) in [4.78, 5) is 42.4. The van der Waals surface area contributed by atoms with Crippen LogP contribution < -0.4 is 29.6 Å². The number of hydrogen-bond donors (Lipinski definition) is 2. The van der Waals surface area contributed by atoms with Gasteiger partial charge in [-0.2, -0.15) is 15.0 Å². The van der Waals surface area contributed by atoms with Gasteiger partial charge in [0.15, 0.2) is 18.1 Å². The van der Waals surface area contributed by atoms with E-state index in [9.17, 15) is 14.4 Å². The molecule has 0 radical (unpaired) electrons. The van der Waals surface area contributed by atoms with Gasteiger partial charge in [-0.05, 0) is 48.4 Å². The summed E-state index contributed by atoms with van der Waals surface area (Å²) in [6, 6.07) is 17.7. The number of hydrogen-bond acceptors (Lipinski definition) is 9. The molecule has 0 aliphatic carbocycles. The number of piperidine rings is 1. The van der Waals surface area contributed by atoms with Crippen molar-refractivity contribution in [3.8, 4) is 23.0 Å². The number of aromatic nitrogens is 3. The van der Waals surface area contributed by atoms with E-state index >= 15 is 0 Å². The zero-order valence-electron chi connectivity index (χ0n) is 25.7. The second kappa shape index (κ2) is 13.8. The van der Waals surface area contributed by atoms with E-state index in [2.05, 4.69) is 20.8 Å². The molecule has 1 saturated heterocycles. The van der Waals surface area contributed by atoms with Gasteiger partial charge >= 0.3 is 0 Å². The lowest BCUT2D eigenvalue weighted by Gasteiger charge is -2.38. The first kappa shape index (κ1) is 30.7. The molecule has 240 valence electrons. The van der Waals surface area contributed by atoms with Crippen LogP contribution in [0.2, 0.25) is 0 Å². The minimum absolute atomic E-state index is 0.0324. The van der Waals surface area contributed by atoms with Crippen LogP contribution in [0.25, 0.3) is 11.0 Å². The first-order valence-electron chi connectivity index (χ1n) is 15.2. The van der Waals surface area contributed by atoms with Gasteiger partial charge in [-0.3, -0.25) is 14.4 Å². The molecule has 7 rings (SSSR count). The molecule has 3 aliphatic heterocycles. The number of methoxy groups -OCH3 is 2. The molecule has 4 aromatic rings. The van der Waals surface area contributed by atoms with Crippen molar-refractivity contribution in [2.24, 2.45) is 0 Å². The molecule has 0 unspecified atom stereocenters. The number of likely N-dealkylation sites (tertiary alicyclic amines) is 1. The average molecular weight is 629 g/mol. The lowest BCUT2D eigenvalue weighted by molar-refractivity contribution is -0.136. The summed E-state index contributed by atoms with van der Waals surface area (Å²) in [5.41, 5.74) is 3.08. The number of aryl methyl sites for hydroxylation is 1. The summed E-state index contributed by atoms with van der Waals surface area (Å²) >= 11 is 0. The molecule has 3 aliphatic rings. The lowest BCUT2D eigenvalue weighted by atomic mass is 10.0. The van der Waals surface area contributed by atoms with Gasteiger partial charge in [0.05, 0.1) is 20.3 Å². The SMILES string of the molecule is COc1cc2ccc1CNC(=O)CCc1ccc(OC)c(c1)OCC(=O)N[C@@H]1CN(C(=O)Cn3nc4ccccc4n3)CC[C@@H]1O2. The van der Waals surface area contributed by atoms with Crippen LogP contribution in [0.3, 0.4) is 0 Å². The van der Waals surface area contributed by atoms with Crippen LogP contribution in [0.4, 0.5) is 0 Å². The van der Waals surface area contributed by atoms with Crippen LogP contribution in [-0.4, -0.2) is 83.7 Å². The molecule has 1 aromatic heterocycles. The molecular weight excluding hydrogens is 592 g/mol. The number of rotatable bonds is 4. The van der Waals surface area contributed by atoms with Crippen LogP contribution >= 0.6 is 0 Å². The van der Waals surface area contributed by atoms with Crippen LogP contribution in [0.1, 0.15) is 24.0 Å². The largest absolute Gasteiger partial charge is 0.496 e. The predicted octanol–water partition coefficient (Wildman–Crippen LogP) is 2.25. The molecule has 46 heavy (non-hydrogen) atoms. The maximum absolute atomic E-state index is 13.4. The van der Waals surface area contributed by atoms with Crippen molar-refractivity contribution in [2.45, 2.75) is 44.5 Å². The Bertz CT molecular complexity index is 1710.